The van der Waals surface area contributed by atoms with Crippen LogP contribution in [0.15, 0.2) is 28.6 Å². The molecule has 1 aliphatic heterocycles. The number of nitrogens with zero attached hydrogens (tertiary/aromatic N) is 3. The summed E-state index contributed by atoms with van der Waals surface area (Å²) in [6.07, 6.45) is 2.07. The van der Waals surface area contributed by atoms with Crippen LogP contribution in [0.2, 0.25) is 0 Å². The highest BCUT2D eigenvalue weighted by atomic mass is 32.2. The van der Waals surface area contributed by atoms with Gasteiger partial charge in [-0.1, -0.05) is 41.3 Å². The van der Waals surface area contributed by atoms with Crippen LogP contribution in [0.4, 0.5) is 10.8 Å². The Morgan fingerprint density at radius 2 is 2.22 bits per heavy atom. The van der Waals surface area contributed by atoms with Gasteiger partial charge in [-0.25, -0.2) is 0 Å². The Kier molecular flexibility index (Phi) is 5.17. The van der Waals surface area contributed by atoms with E-state index in [-0.39, 0.29) is 5.91 Å². The molecule has 5 nitrogen and oxygen atoms in total. The van der Waals surface area contributed by atoms with Gasteiger partial charge in [-0.2, -0.15) is 0 Å². The van der Waals surface area contributed by atoms with Crippen molar-refractivity contribution in [2.45, 2.75) is 37.1 Å². The number of fused-ring (bicyclic) bond motifs is 1. The molecule has 23 heavy (non-hydrogen) atoms. The Labute approximate surface area is 144 Å². The van der Waals surface area contributed by atoms with Gasteiger partial charge < -0.3 is 10.2 Å². The summed E-state index contributed by atoms with van der Waals surface area (Å²) < 4.78 is 0.826. The molecule has 2 aromatic rings. The van der Waals surface area contributed by atoms with Crippen molar-refractivity contribution in [1.82, 2.24) is 10.2 Å². The van der Waals surface area contributed by atoms with Crippen molar-refractivity contribution in [3.63, 3.8) is 0 Å². The molecule has 0 fully saturated rings. The Bertz CT molecular complexity index is 686. The lowest BCUT2D eigenvalue weighted by atomic mass is 10.0. The van der Waals surface area contributed by atoms with E-state index in [1.807, 2.05) is 23.1 Å². The molecule has 0 bridgehead atoms. The fourth-order valence-corrected chi connectivity index (χ4v) is 4.34. The van der Waals surface area contributed by atoms with Gasteiger partial charge >= 0.3 is 0 Å². The topological polar surface area (TPSA) is 58.1 Å². The summed E-state index contributed by atoms with van der Waals surface area (Å²) in [5.74, 6) is 0.528. The number of nitrogens with one attached hydrogen (secondary N) is 1. The average molecular weight is 348 g/mol. The lowest BCUT2D eigenvalue weighted by Gasteiger charge is -2.29. The lowest BCUT2D eigenvalue weighted by molar-refractivity contribution is -0.116. The number of para-hydroxylation sites is 1. The molecule has 3 rings (SSSR count). The van der Waals surface area contributed by atoms with Crippen molar-refractivity contribution in [3.05, 3.63) is 29.8 Å². The smallest absolute Gasteiger partial charge is 0.237 e. The van der Waals surface area contributed by atoms with E-state index >= 15 is 0 Å². The Morgan fingerprint density at radius 3 is 3.04 bits per heavy atom. The second kappa shape index (κ2) is 7.31. The molecule has 0 saturated carbocycles. The normalized spacial score (nSPS) is 14.0. The molecule has 1 N–H and O–H groups in total. The molecule has 0 aliphatic carbocycles. The molecule has 0 atom stereocenters. The van der Waals surface area contributed by atoms with Gasteiger partial charge in [0.05, 0.1) is 5.75 Å². The van der Waals surface area contributed by atoms with E-state index in [9.17, 15) is 4.79 Å². The van der Waals surface area contributed by atoms with Crippen LogP contribution in [0.3, 0.4) is 0 Å². The number of carbonyl (C=O) groups excluding carboxylic acids is 1. The minimum absolute atomic E-state index is 0.135. The first kappa shape index (κ1) is 16.3. The molecule has 1 aromatic carbocycles. The van der Waals surface area contributed by atoms with E-state index < -0.39 is 0 Å². The molecule has 0 radical (unpaired) electrons. The number of aromatic nitrogens is 2. The molecule has 2 heterocycles. The van der Waals surface area contributed by atoms with E-state index in [1.165, 1.54) is 28.7 Å². The fourth-order valence-electron chi connectivity index (χ4n) is 2.57. The number of hydrogen-bond acceptors (Lipinski definition) is 6. The minimum Gasteiger partial charge on any atom is -0.358 e. The summed E-state index contributed by atoms with van der Waals surface area (Å²) in [4.78, 5) is 14.5. The van der Waals surface area contributed by atoms with Crippen molar-refractivity contribution in [2.24, 2.45) is 0 Å². The van der Waals surface area contributed by atoms with E-state index in [0.29, 0.717) is 11.8 Å². The second-order valence-corrected chi connectivity index (χ2v) is 7.94. The third-order valence-electron chi connectivity index (χ3n) is 3.55. The number of aryl methyl sites for hydroxylation is 1. The standard InChI is InChI=1S/C16H20N4OS2/c1-11(2)17-15-18-19-16(23-15)22-10-14(21)20-9-5-7-12-6-3-4-8-13(12)20/h3-4,6,8,11H,5,7,9-10H2,1-2H3,(H,17,18). The Hall–Kier alpha value is -1.60. The zero-order valence-corrected chi connectivity index (χ0v) is 14.9. The maximum absolute atomic E-state index is 12.6. The van der Waals surface area contributed by atoms with Gasteiger partial charge in [0.15, 0.2) is 4.34 Å². The number of hydrogen-bond donors (Lipinski definition) is 1. The number of benzene rings is 1. The predicted molar refractivity (Wildman–Crippen MR) is 96.5 cm³/mol. The van der Waals surface area contributed by atoms with Crippen LogP contribution in [0.1, 0.15) is 25.8 Å². The van der Waals surface area contributed by atoms with E-state index in [1.54, 1.807) is 0 Å². The quantitative estimate of drug-likeness (QED) is 0.839. The molecule has 1 aromatic heterocycles. The van der Waals surface area contributed by atoms with E-state index in [4.69, 9.17) is 0 Å². The first-order valence-electron chi connectivity index (χ1n) is 7.74. The maximum Gasteiger partial charge on any atom is 0.237 e. The number of rotatable bonds is 5. The molecular weight excluding hydrogens is 328 g/mol. The molecular formula is C16H20N4OS2. The van der Waals surface area contributed by atoms with Gasteiger partial charge in [-0.05, 0) is 38.3 Å². The average Bonchev–Trinajstić information content (AvgIpc) is 2.98. The molecule has 122 valence electrons. The molecule has 0 spiro atoms. The first-order chi connectivity index (χ1) is 11.1. The predicted octanol–water partition coefficient (Wildman–Crippen LogP) is 3.43. The highest BCUT2D eigenvalue weighted by molar-refractivity contribution is 8.01. The van der Waals surface area contributed by atoms with Gasteiger partial charge in [-0.15, -0.1) is 10.2 Å². The fraction of sp³-hybridized carbons (Fsp3) is 0.438. The molecule has 0 saturated heterocycles. The number of carbonyl (C=O) groups is 1. The maximum atomic E-state index is 12.6. The van der Waals surface area contributed by atoms with Gasteiger partial charge in [-0.3, -0.25) is 4.79 Å². The van der Waals surface area contributed by atoms with Crippen LogP contribution in [0, 0.1) is 0 Å². The van der Waals surface area contributed by atoms with Crippen LogP contribution in [-0.2, 0) is 11.2 Å². The van der Waals surface area contributed by atoms with Crippen LogP contribution >= 0.6 is 23.1 Å². The van der Waals surface area contributed by atoms with Crippen molar-refractivity contribution < 1.29 is 4.79 Å². The zero-order valence-electron chi connectivity index (χ0n) is 13.3. The monoisotopic (exact) mass is 348 g/mol. The van der Waals surface area contributed by atoms with Crippen LogP contribution < -0.4 is 10.2 Å². The van der Waals surface area contributed by atoms with Gasteiger partial charge in [0.2, 0.25) is 11.0 Å². The van der Waals surface area contributed by atoms with Crippen LogP contribution in [0.5, 0.6) is 0 Å². The first-order valence-corrected chi connectivity index (χ1v) is 9.55. The van der Waals surface area contributed by atoms with Crippen molar-refractivity contribution >= 4 is 39.8 Å². The van der Waals surface area contributed by atoms with E-state index in [2.05, 4.69) is 35.4 Å². The lowest BCUT2D eigenvalue weighted by Crippen LogP contribution is -2.36. The highest BCUT2D eigenvalue weighted by Gasteiger charge is 2.22. The third kappa shape index (κ3) is 4.03. The summed E-state index contributed by atoms with van der Waals surface area (Å²) >= 11 is 2.95. The summed E-state index contributed by atoms with van der Waals surface area (Å²) in [7, 11) is 0. The highest BCUT2D eigenvalue weighted by Crippen LogP contribution is 2.29. The van der Waals surface area contributed by atoms with Crippen molar-refractivity contribution in [3.8, 4) is 0 Å². The number of amides is 1. The molecule has 1 aliphatic rings. The van der Waals surface area contributed by atoms with Gasteiger partial charge in [0.1, 0.15) is 0 Å². The van der Waals surface area contributed by atoms with Crippen molar-refractivity contribution in [1.29, 1.82) is 0 Å². The molecule has 0 unspecified atom stereocenters. The Balaban J connectivity index is 1.61. The second-order valence-electron chi connectivity index (χ2n) is 5.74. The largest absolute Gasteiger partial charge is 0.358 e. The zero-order chi connectivity index (χ0) is 16.2. The van der Waals surface area contributed by atoms with Gasteiger partial charge in [0, 0.05) is 18.3 Å². The summed E-state index contributed by atoms with van der Waals surface area (Å²) in [6.45, 7) is 4.92. The number of thioether (sulfide) groups is 1. The summed E-state index contributed by atoms with van der Waals surface area (Å²) in [5.41, 5.74) is 2.32. The summed E-state index contributed by atoms with van der Waals surface area (Å²) in [5, 5.41) is 12.3. The van der Waals surface area contributed by atoms with E-state index in [0.717, 1.165) is 34.5 Å². The van der Waals surface area contributed by atoms with Crippen molar-refractivity contribution in [2.75, 3.05) is 22.5 Å². The SMILES string of the molecule is CC(C)Nc1nnc(SCC(=O)N2CCCc3ccccc32)s1. The van der Waals surface area contributed by atoms with Gasteiger partial charge in [0.25, 0.3) is 0 Å². The Morgan fingerprint density at radius 1 is 1.39 bits per heavy atom. The molecule has 1 amide bonds. The molecule has 7 heteroatoms. The van der Waals surface area contributed by atoms with Crippen LogP contribution in [-0.4, -0.2) is 34.4 Å². The minimum atomic E-state index is 0.135. The van der Waals surface area contributed by atoms with Crippen LogP contribution in [0.25, 0.3) is 0 Å². The number of anilines is 2. The third-order valence-corrected chi connectivity index (χ3v) is 5.52. The summed E-state index contributed by atoms with van der Waals surface area (Å²) in [6, 6.07) is 8.49.